The molecule has 12 heteroatoms. The maximum Gasteiger partial charge on any atom is 0.187 e. The lowest BCUT2D eigenvalue weighted by Gasteiger charge is -2.45. The molecule has 10 atom stereocenters. The van der Waals surface area contributed by atoms with Crippen LogP contribution in [0.4, 0.5) is 0 Å². The quantitative estimate of drug-likeness (QED) is 0.168. The molecule has 2 fully saturated rings. The summed E-state index contributed by atoms with van der Waals surface area (Å²) in [5.41, 5.74) is 0. The number of aliphatic hydroxyl groups is 7. The van der Waals surface area contributed by atoms with Crippen LogP contribution in [-0.4, -0.2) is 130 Å². The number of rotatable bonds is 10. The van der Waals surface area contributed by atoms with E-state index in [1.54, 1.807) is 0 Å². The molecule has 0 aromatic carbocycles. The Bertz CT molecular complexity index is 466. The van der Waals surface area contributed by atoms with Crippen molar-refractivity contribution in [3.05, 3.63) is 0 Å². The van der Waals surface area contributed by atoms with Crippen LogP contribution in [0.5, 0.6) is 0 Å². The van der Waals surface area contributed by atoms with E-state index >= 15 is 0 Å². The molecule has 2 rings (SSSR count). The molecule has 2 aliphatic heterocycles. The molecule has 0 aromatic rings. The number of hydrogen-bond donors (Lipinski definition) is 7. The fraction of sp³-hybridized carbons (Fsp3) is 1.00. The topological polar surface area (TPSA) is 188 Å². The summed E-state index contributed by atoms with van der Waals surface area (Å²) in [5, 5.41) is 69.4. The van der Waals surface area contributed by atoms with Gasteiger partial charge < -0.3 is 59.4 Å². The van der Waals surface area contributed by atoms with Gasteiger partial charge in [0.25, 0.3) is 0 Å². The molecule has 0 saturated carbocycles. The predicted octanol–water partition coefficient (Wildman–Crippen LogP) is -3.95. The Morgan fingerprint density at radius 1 is 0.690 bits per heavy atom. The Labute approximate surface area is 168 Å². The molecule has 0 aromatic heterocycles. The molecular weight excluding hydrogens is 396 g/mol. The maximum atomic E-state index is 10.5. The molecule has 7 N–H and O–H groups in total. The van der Waals surface area contributed by atoms with E-state index in [1.807, 2.05) is 6.92 Å². The van der Waals surface area contributed by atoms with Crippen LogP contribution in [0.25, 0.3) is 0 Å². The van der Waals surface area contributed by atoms with Gasteiger partial charge in [-0.15, -0.1) is 0 Å². The number of aliphatic hydroxyl groups excluding tert-OH is 7. The van der Waals surface area contributed by atoms with Gasteiger partial charge in [-0.3, -0.25) is 0 Å². The van der Waals surface area contributed by atoms with Crippen molar-refractivity contribution in [1.29, 1.82) is 0 Å². The maximum absolute atomic E-state index is 10.5. The second kappa shape index (κ2) is 11.8. The molecule has 0 bridgehead atoms. The van der Waals surface area contributed by atoms with Crippen molar-refractivity contribution in [2.24, 2.45) is 0 Å². The van der Waals surface area contributed by atoms with Crippen molar-refractivity contribution in [2.75, 3.05) is 33.0 Å². The van der Waals surface area contributed by atoms with Crippen LogP contribution in [0.15, 0.2) is 0 Å². The summed E-state index contributed by atoms with van der Waals surface area (Å²) in [6, 6.07) is 0. The van der Waals surface area contributed by atoms with Crippen molar-refractivity contribution in [2.45, 2.75) is 74.8 Å². The van der Waals surface area contributed by atoms with E-state index in [4.69, 9.17) is 23.7 Å². The van der Waals surface area contributed by atoms with Crippen molar-refractivity contribution >= 4 is 0 Å². The van der Waals surface area contributed by atoms with Crippen molar-refractivity contribution < 1.29 is 59.4 Å². The van der Waals surface area contributed by atoms with Gasteiger partial charge >= 0.3 is 0 Å². The van der Waals surface area contributed by atoms with E-state index in [1.165, 1.54) is 0 Å². The van der Waals surface area contributed by atoms with Crippen LogP contribution < -0.4 is 0 Å². The summed E-state index contributed by atoms with van der Waals surface area (Å²) < 4.78 is 26.8. The molecule has 0 radical (unpaired) electrons. The third-order valence-corrected chi connectivity index (χ3v) is 4.82. The molecule has 12 nitrogen and oxygen atoms in total. The highest BCUT2D eigenvalue weighted by Gasteiger charge is 2.50. The lowest BCUT2D eigenvalue weighted by Crippen LogP contribution is -2.64. The molecule has 6 unspecified atom stereocenters. The summed E-state index contributed by atoms with van der Waals surface area (Å²) in [6.07, 6.45) is -13.9. The van der Waals surface area contributed by atoms with Gasteiger partial charge in [-0.1, -0.05) is 6.92 Å². The van der Waals surface area contributed by atoms with Crippen LogP contribution in [0, 0.1) is 0 Å². The smallest absolute Gasteiger partial charge is 0.187 e. The Kier molecular flexibility index (Phi) is 10.1. The molecular formula is C17H32O12. The first-order valence-electron chi connectivity index (χ1n) is 9.63. The van der Waals surface area contributed by atoms with E-state index < -0.39 is 74.6 Å². The predicted molar refractivity (Wildman–Crippen MR) is 93.5 cm³/mol. The zero-order valence-electron chi connectivity index (χ0n) is 16.2. The van der Waals surface area contributed by atoms with Gasteiger partial charge in [0.1, 0.15) is 48.8 Å². The summed E-state index contributed by atoms with van der Waals surface area (Å²) in [6.45, 7) is 1.54. The third-order valence-electron chi connectivity index (χ3n) is 4.82. The van der Waals surface area contributed by atoms with E-state index in [9.17, 15) is 35.7 Å². The summed E-state index contributed by atoms with van der Waals surface area (Å²) in [4.78, 5) is 0. The fourth-order valence-corrected chi connectivity index (χ4v) is 3.16. The zero-order chi connectivity index (χ0) is 21.6. The van der Waals surface area contributed by atoms with Crippen LogP contribution in [0.1, 0.15) is 13.3 Å². The Morgan fingerprint density at radius 2 is 1.31 bits per heavy atom. The second-order valence-corrected chi connectivity index (χ2v) is 6.99. The highest BCUT2D eigenvalue weighted by molar-refractivity contribution is 4.94. The van der Waals surface area contributed by atoms with Gasteiger partial charge in [0.2, 0.25) is 0 Å². The largest absolute Gasteiger partial charge is 0.394 e. The van der Waals surface area contributed by atoms with Gasteiger partial charge in [0, 0.05) is 6.61 Å². The van der Waals surface area contributed by atoms with E-state index in [2.05, 4.69) is 0 Å². The van der Waals surface area contributed by atoms with Crippen LogP contribution in [0.2, 0.25) is 0 Å². The summed E-state index contributed by atoms with van der Waals surface area (Å²) in [7, 11) is 0. The summed E-state index contributed by atoms with van der Waals surface area (Å²) >= 11 is 0. The molecule has 2 saturated heterocycles. The Balaban J connectivity index is 2.03. The van der Waals surface area contributed by atoms with E-state index in [0.717, 1.165) is 6.42 Å². The van der Waals surface area contributed by atoms with Crippen molar-refractivity contribution in [1.82, 2.24) is 0 Å². The Hall–Kier alpha value is -0.480. The first-order valence-corrected chi connectivity index (χ1v) is 9.63. The van der Waals surface area contributed by atoms with E-state index in [0.29, 0.717) is 6.61 Å². The molecule has 2 aliphatic rings. The summed E-state index contributed by atoms with van der Waals surface area (Å²) in [5.74, 6) is 0. The van der Waals surface area contributed by atoms with Crippen LogP contribution in [-0.2, 0) is 23.7 Å². The highest BCUT2D eigenvalue weighted by Crippen LogP contribution is 2.29. The third kappa shape index (κ3) is 6.03. The monoisotopic (exact) mass is 428 g/mol. The number of ether oxygens (including phenoxy) is 5. The van der Waals surface area contributed by atoms with Crippen molar-refractivity contribution in [3.8, 4) is 0 Å². The molecule has 0 aliphatic carbocycles. The van der Waals surface area contributed by atoms with Gasteiger partial charge in [-0.25, -0.2) is 0 Å². The Morgan fingerprint density at radius 3 is 1.93 bits per heavy atom. The average molecular weight is 428 g/mol. The first-order chi connectivity index (χ1) is 13.8. The van der Waals surface area contributed by atoms with Gasteiger partial charge in [-0.05, 0) is 6.42 Å². The lowest BCUT2D eigenvalue weighted by molar-refractivity contribution is -0.360. The van der Waals surface area contributed by atoms with Crippen molar-refractivity contribution in [3.63, 3.8) is 0 Å². The highest BCUT2D eigenvalue weighted by atomic mass is 16.7. The molecule has 0 amide bonds. The lowest BCUT2D eigenvalue weighted by atomic mass is 9.97. The first kappa shape index (κ1) is 24.8. The fourth-order valence-electron chi connectivity index (χ4n) is 3.16. The molecule has 2 heterocycles. The number of hydrogen-bond acceptors (Lipinski definition) is 12. The van der Waals surface area contributed by atoms with Gasteiger partial charge in [-0.2, -0.15) is 0 Å². The molecule has 172 valence electrons. The van der Waals surface area contributed by atoms with Crippen LogP contribution in [0.3, 0.4) is 0 Å². The zero-order valence-corrected chi connectivity index (χ0v) is 16.2. The van der Waals surface area contributed by atoms with E-state index in [-0.39, 0.29) is 13.2 Å². The van der Waals surface area contributed by atoms with Gasteiger partial charge in [0.15, 0.2) is 12.6 Å². The normalized spacial score (nSPS) is 43.4. The standard InChI is InChI=1S/C17H32O12/c1-2-3-25-4-5-26-16-14(24)15(11(21)9(7-19)27-16)29-17-13(23)12(22)10(20)8(6-18)28-17/h8-24H,2-7H2,1H3/t8?,9?,10-,11-,12?,13?,14?,15?,16+,17+/m0/s1. The minimum absolute atomic E-state index is 0.0722. The molecule has 0 spiro atoms. The average Bonchev–Trinajstić information content (AvgIpc) is 2.72. The SMILES string of the molecule is CCCOCCO[C@@H]1OC(CO)[C@H](O)C(O[C@H]2OC(CO)[C@H](O)C(O)C2O)C1O. The second-order valence-electron chi connectivity index (χ2n) is 6.99. The van der Waals surface area contributed by atoms with Gasteiger partial charge in [0.05, 0.1) is 26.4 Å². The molecule has 29 heavy (non-hydrogen) atoms. The minimum atomic E-state index is -1.72. The minimum Gasteiger partial charge on any atom is -0.394 e. The van der Waals surface area contributed by atoms with Crippen LogP contribution >= 0.6 is 0 Å².